The van der Waals surface area contributed by atoms with Gasteiger partial charge < -0.3 is 4.74 Å². The van der Waals surface area contributed by atoms with Crippen molar-refractivity contribution in [1.82, 2.24) is 9.97 Å². The Morgan fingerprint density at radius 2 is 1.84 bits per heavy atom. The molecule has 0 aliphatic heterocycles. The third kappa shape index (κ3) is 5.47. The van der Waals surface area contributed by atoms with Crippen LogP contribution in [0.1, 0.15) is 24.5 Å². The number of benzene rings is 2. The molecule has 0 N–H and O–H groups in total. The molecule has 4 rings (SSSR count). The second kappa shape index (κ2) is 10.6. The number of carbonyl (C=O) groups is 1. The van der Waals surface area contributed by atoms with Crippen LogP contribution in [-0.2, 0) is 17.8 Å². The number of carbonyl (C=O) groups excluding carboxylic acids is 1. The van der Waals surface area contributed by atoms with Crippen molar-refractivity contribution < 1.29 is 9.53 Å². The van der Waals surface area contributed by atoms with E-state index in [1.54, 1.807) is 47.5 Å². The van der Waals surface area contributed by atoms with Crippen LogP contribution in [0.3, 0.4) is 0 Å². The van der Waals surface area contributed by atoms with Crippen molar-refractivity contribution in [3.05, 3.63) is 78.1 Å². The van der Waals surface area contributed by atoms with Crippen LogP contribution in [0.2, 0.25) is 0 Å². The summed E-state index contributed by atoms with van der Waals surface area (Å²) in [6, 6.07) is 18.1. The Labute approximate surface area is 196 Å². The summed E-state index contributed by atoms with van der Waals surface area (Å²) in [4.78, 5) is 25.1. The lowest BCUT2D eigenvalue weighted by Crippen LogP contribution is -2.30. The number of aromatic nitrogens is 2. The first-order valence-electron chi connectivity index (χ1n) is 10.5. The minimum absolute atomic E-state index is 0.0672. The van der Waals surface area contributed by atoms with Gasteiger partial charge in [0.2, 0.25) is 5.91 Å². The topological polar surface area (TPSA) is 55.3 Å². The van der Waals surface area contributed by atoms with Crippen molar-refractivity contribution in [1.29, 1.82) is 0 Å². The first-order chi connectivity index (χ1) is 15.7. The molecule has 0 saturated heterocycles. The van der Waals surface area contributed by atoms with Gasteiger partial charge in [-0.15, -0.1) is 11.8 Å². The number of hydrogen-bond donors (Lipinski definition) is 0. The number of anilines is 1. The van der Waals surface area contributed by atoms with Crippen LogP contribution < -0.4 is 9.64 Å². The van der Waals surface area contributed by atoms with Gasteiger partial charge in [0.15, 0.2) is 5.13 Å². The monoisotopic (exact) mass is 463 g/mol. The molecular formula is C25H25N3O2S2. The molecule has 0 radical (unpaired) electrons. The van der Waals surface area contributed by atoms with Crippen molar-refractivity contribution in [2.45, 2.75) is 31.2 Å². The lowest BCUT2D eigenvalue weighted by atomic mass is 10.2. The SMILES string of the molecule is CCc1ccc2nc(N(Cc3ccncc3)C(=O)CCSc3ccc(OC)cc3)sc2c1. The zero-order valence-corrected chi connectivity index (χ0v) is 19.8. The number of ether oxygens (including phenoxy) is 1. The molecule has 0 saturated carbocycles. The smallest absolute Gasteiger partial charge is 0.229 e. The summed E-state index contributed by atoms with van der Waals surface area (Å²) >= 11 is 3.24. The van der Waals surface area contributed by atoms with Crippen molar-refractivity contribution in [3.8, 4) is 5.75 Å². The van der Waals surface area contributed by atoms with Crippen LogP contribution in [0.5, 0.6) is 5.75 Å². The molecule has 0 unspecified atom stereocenters. The molecule has 0 aliphatic carbocycles. The number of thiazole rings is 1. The van der Waals surface area contributed by atoms with Gasteiger partial charge in [0.1, 0.15) is 5.75 Å². The molecule has 2 heterocycles. The highest BCUT2D eigenvalue weighted by molar-refractivity contribution is 7.99. The molecule has 0 aliphatic rings. The van der Waals surface area contributed by atoms with Gasteiger partial charge in [0.25, 0.3) is 0 Å². The van der Waals surface area contributed by atoms with E-state index in [1.807, 2.05) is 42.5 Å². The molecule has 0 spiro atoms. The zero-order chi connectivity index (χ0) is 22.3. The molecule has 1 amide bonds. The molecule has 32 heavy (non-hydrogen) atoms. The predicted octanol–water partition coefficient (Wildman–Crippen LogP) is 5.98. The number of nitrogens with zero attached hydrogens (tertiary/aromatic N) is 3. The summed E-state index contributed by atoms with van der Waals surface area (Å²) in [5, 5.41) is 0.740. The van der Waals surface area contributed by atoms with E-state index in [4.69, 9.17) is 9.72 Å². The van der Waals surface area contributed by atoms with E-state index in [9.17, 15) is 4.79 Å². The quantitative estimate of drug-likeness (QED) is 0.286. The van der Waals surface area contributed by atoms with Gasteiger partial charge in [-0.3, -0.25) is 14.7 Å². The van der Waals surface area contributed by atoms with Gasteiger partial charge in [-0.2, -0.15) is 0 Å². The fraction of sp³-hybridized carbons (Fsp3) is 0.240. The summed E-state index contributed by atoms with van der Waals surface area (Å²) in [6.45, 7) is 2.62. The first kappa shape index (κ1) is 22.3. The van der Waals surface area contributed by atoms with Crippen molar-refractivity contribution >= 4 is 44.4 Å². The fourth-order valence-corrected chi connectivity index (χ4v) is 5.18. The second-order valence-corrected chi connectivity index (χ2v) is 9.44. The van der Waals surface area contributed by atoms with E-state index in [1.165, 1.54) is 5.56 Å². The minimum atomic E-state index is 0.0672. The van der Waals surface area contributed by atoms with Crippen LogP contribution in [0, 0.1) is 0 Å². The maximum atomic E-state index is 13.3. The van der Waals surface area contributed by atoms with Crippen molar-refractivity contribution in [3.63, 3.8) is 0 Å². The predicted molar refractivity (Wildman–Crippen MR) is 133 cm³/mol. The third-order valence-electron chi connectivity index (χ3n) is 5.12. The summed E-state index contributed by atoms with van der Waals surface area (Å²) in [6.07, 6.45) is 4.91. The summed E-state index contributed by atoms with van der Waals surface area (Å²) in [5.41, 5.74) is 3.24. The van der Waals surface area contributed by atoms with Crippen molar-refractivity contribution in [2.24, 2.45) is 0 Å². The molecule has 0 bridgehead atoms. The summed E-state index contributed by atoms with van der Waals surface area (Å²) < 4.78 is 6.32. The molecular weight excluding hydrogens is 438 g/mol. The van der Waals surface area contributed by atoms with Crippen LogP contribution in [0.15, 0.2) is 71.9 Å². The third-order valence-corrected chi connectivity index (χ3v) is 7.17. The number of aryl methyl sites for hydroxylation is 1. The van der Waals surface area contributed by atoms with Gasteiger partial charge in [0, 0.05) is 29.5 Å². The zero-order valence-electron chi connectivity index (χ0n) is 18.2. The number of hydrogen-bond acceptors (Lipinski definition) is 6. The van der Waals surface area contributed by atoms with E-state index in [0.29, 0.717) is 18.7 Å². The molecule has 7 heteroatoms. The van der Waals surface area contributed by atoms with E-state index < -0.39 is 0 Å². The van der Waals surface area contributed by atoms with Crippen LogP contribution in [0.4, 0.5) is 5.13 Å². The van der Waals surface area contributed by atoms with Gasteiger partial charge in [-0.25, -0.2) is 4.98 Å². The van der Waals surface area contributed by atoms with Gasteiger partial charge in [0.05, 0.1) is 23.9 Å². The first-order valence-corrected chi connectivity index (χ1v) is 12.3. The summed E-state index contributed by atoms with van der Waals surface area (Å²) in [5.74, 6) is 1.59. The lowest BCUT2D eigenvalue weighted by molar-refractivity contribution is -0.118. The Morgan fingerprint density at radius 3 is 2.56 bits per heavy atom. The Hall–Kier alpha value is -2.90. The molecule has 0 atom stereocenters. The van der Waals surface area contributed by atoms with E-state index >= 15 is 0 Å². The van der Waals surface area contributed by atoms with Gasteiger partial charge in [-0.1, -0.05) is 24.3 Å². The minimum Gasteiger partial charge on any atom is -0.497 e. The highest BCUT2D eigenvalue weighted by Gasteiger charge is 2.20. The van der Waals surface area contributed by atoms with Crippen LogP contribution in [0.25, 0.3) is 10.2 Å². The Bertz CT molecular complexity index is 1180. The average Bonchev–Trinajstić information content (AvgIpc) is 3.26. The molecule has 2 aromatic carbocycles. The normalized spacial score (nSPS) is 10.9. The summed E-state index contributed by atoms with van der Waals surface area (Å²) in [7, 11) is 1.66. The maximum absolute atomic E-state index is 13.3. The number of amides is 1. The second-order valence-electron chi connectivity index (χ2n) is 7.26. The maximum Gasteiger partial charge on any atom is 0.229 e. The van der Waals surface area contributed by atoms with Crippen LogP contribution in [-0.4, -0.2) is 28.7 Å². The molecule has 4 aromatic rings. The van der Waals surface area contributed by atoms with Crippen LogP contribution >= 0.6 is 23.1 Å². The average molecular weight is 464 g/mol. The van der Waals surface area contributed by atoms with Crippen molar-refractivity contribution in [2.75, 3.05) is 17.8 Å². The molecule has 5 nitrogen and oxygen atoms in total. The largest absolute Gasteiger partial charge is 0.497 e. The number of pyridine rings is 1. The number of methoxy groups -OCH3 is 1. The fourth-order valence-electron chi connectivity index (χ4n) is 3.29. The van der Waals surface area contributed by atoms with E-state index in [-0.39, 0.29) is 5.91 Å². The highest BCUT2D eigenvalue weighted by Crippen LogP contribution is 2.31. The highest BCUT2D eigenvalue weighted by atomic mass is 32.2. The Balaban J connectivity index is 1.51. The number of fused-ring (bicyclic) bond motifs is 1. The Kier molecular flexibility index (Phi) is 7.39. The van der Waals surface area contributed by atoms with E-state index in [0.717, 1.165) is 38.0 Å². The standard InChI is InChI=1S/C25H25N3O2S2/c1-3-18-4-9-22-23(16-18)32-25(27-22)28(17-19-10-13-26-14-11-19)24(29)12-15-31-21-7-5-20(30-2)6-8-21/h4-11,13-14,16H,3,12,15,17H2,1-2H3. The van der Waals surface area contributed by atoms with Gasteiger partial charge in [-0.05, 0) is 66.1 Å². The Morgan fingerprint density at radius 1 is 1.06 bits per heavy atom. The molecule has 164 valence electrons. The van der Waals surface area contributed by atoms with E-state index in [2.05, 4.69) is 24.0 Å². The lowest BCUT2D eigenvalue weighted by Gasteiger charge is -2.20. The van der Waals surface area contributed by atoms with Gasteiger partial charge >= 0.3 is 0 Å². The molecule has 2 aromatic heterocycles. The number of thioether (sulfide) groups is 1. The number of rotatable bonds is 9. The molecule has 0 fully saturated rings.